The first kappa shape index (κ1) is 20.8. The Balaban J connectivity index is 2.50. The summed E-state index contributed by atoms with van der Waals surface area (Å²) in [6, 6.07) is 7.13. The maximum atomic E-state index is 11.9. The van der Waals surface area contributed by atoms with Gasteiger partial charge in [0.05, 0.1) is 6.04 Å². The van der Waals surface area contributed by atoms with E-state index in [9.17, 15) is 19.7 Å². The highest BCUT2D eigenvalue weighted by Crippen LogP contribution is 2.02. The summed E-state index contributed by atoms with van der Waals surface area (Å²) in [5.41, 5.74) is 14.3. The minimum atomic E-state index is -1.24. The molecule has 142 valence electrons. The van der Waals surface area contributed by atoms with Gasteiger partial charge in [-0.1, -0.05) is 30.3 Å². The highest BCUT2D eigenvalue weighted by molar-refractivity contribution is 5.87. The van der Waals surface area contributed by atoms with Gasteiger partial charge in [-0.25, -0.2) is 10.2 Å². The van der Waals surface area contributed by atoms with E-state index in [4.69, 9.17) is 16.6 Å². The summed E-state index contributed by atoms with van der Waals surface area (Å²) in [6.45, 7) is -0.354. The second-order valence-corrected chi connectivity index (χ2v) is 5.50. The van der Waals surface area contributed by atoms with Crippen LogP contribution in [0.1, 0.15) is 18.4 Å². The molecule has 1 amide bonds. The minimum absolute atomic E-state index is 0.0198. The maximum Gasteiger partial charge on any atom is 0.326 e. The Morgan fingerprint density at radius 2 is 1.96 bits per heavy atom. The number of rotatable bonds is 10. The van der Waals surface area contributed by atoms with E-state index in [0.29, 0.717) is 6.42 Å². The third-order valence-electron chi connectivity index (χ3n) is 3.38. The number of hydrogen-bond acceptors (Lipinski definition) is 6. The average Bonchev–Trinajstić information content (AvgIpc) is 2.59. The van der Waals surface area contributed by atoms with Gasteiger partial charge in [0.15, 0.2) is 0 Å². The molecule has 0 aliphatic heterocycles. The Kier molecular flexibility index (Phi) is 8.50. The summed E-state index contributed by atoms with van der Waals surface area (Å²) in [6.07, 6.45) is 0.334. The fourth-order valence-electron chi connectivity index (χ4n) is 2.05. The van der Waals surface area contributed by atoms with Crippen LogP contribution >= 0.6 is 0 Å². The molecule has 26 heavy (non-hydrogen) atoms. The molecule has 1 aromatic rings. The van der Waals surface area contributed by atoms with Crippen molar-refractivity contribution in [2.24, 2.45) is 16.6 Å². The number of nitro groups is 1. The van der Waals surface area contributed by atoms with E-state index in [0.717, 1.165) is 5.56 Å². The molecule has 1 aromatic carbocycles. The van der Waals surface area contributed by atoms with Crippen LogP contribution in [0.3, 0.4) is 0 Å². The van der Waals surface area contributed by atoms with Crippen LogP contribution in [0.4, 0.5) is 0 Å². The molecule has 0 saturated heterocycles. The number of nitrogens with zero attached hydrogens (tertiary/aromatic N) is 2. The molecule has 0 spiro atoms. The smallest absolute Gasteiger partial charge is 0.326 e. The zero-order valence-electron chi connectivity index (χ0n) is 14.0. The van der Waals surface area contributed by atoms with Crippen molar-refractivity contribution in [2.45, 2.75) is 31.3 Å². The molecule has 0 radical (unpaired) electrons. The van der Waals surface area contributed by atoms with Crippen molar-refractivity contribution in [3.63, 3.8) is 0 Å². The van der Waals surface area contributed by atoms with Crippen molar-refractivity contribution in [1.29, 1.82) is 0 Å². The quantitative estimate of drug-likeness (QED) is 0.151. The second-order valence-electron chi connectivity index (χ2n) is 5.50. The normalized spacial score (nSPS) is 13.5. The minimum Gasteiger partial charge on any atom is -0.480 e. The SMILES string of the molecule is NC(=NNC(=O)[C@H](N)Cc1ccccc1)N[C@@H](CCC[N+](=O)[O-])C(=O)O. The van der Waals surface area contributed by atoms with Gasteiger partial charge in [0.2, 0.25) is 12.5 Å². The lowest BCUT2D eigenvalue weighted by Gasteiger charge is -2.14. The van der Waals surface area contributed by atoms with Crippen LogP contribution in [0.15, 0.2) is 35.4 Å². The van der Waals surface area contributed by atoms with Gasteiger partial charge in [0.1, 0.15) is 6.04 Å². The first-order chi connectivity index (χ1) is 12.3. The van der Waals surface area contributed by atoms with Crippen LogP contribution in [0.25, 0.3) is 0 Å². The van der Waals surface area contributed by atoms with Gasteiger partial charge in [-0.2, -0.15) is 0 Å². The number of amides is 1. The number of aliphatic carboxylic acids is 1. The average molecular weight is 366 g/mol. The number of carboxylic acids is 1. The van der Waals surface area contributed by atoms with Gasteiger partial charge in [-0.3, -0.25) is 14.9 Å². The second kappa shape index (κ2) is 10.6. The van der Waals surface area contributed by atoms with E-state index in [1.165, 1.54) is 0 Å². The molecule has 1 rings (SSSR count). The first-order valence-electron chi connectivity index (χ1n) is 7.83. The fraction of sp³-hybridized carbons (Fsp3) is 0.400. The summed E-state index contributed by atoms with van der Waals surface area (Å²) in [5, 5.41) is 25.3. The fourth-order valence-corrected chi connectivity index (χ4v) is 2.05. The molecular formula is C15H22N6O5. The van der Waals surface area contributed by atoms with Crippen LogP contribution < -0.4 is 22.2 Å². The summed E-state index contributed by atoms with van der Waals surface area (Å²) < 4.78 is 0. The molecular weight excluding hydrogens is 344 g/mol. The van der Waals surface area contributed by atoms with E-state index in [1.807, 2.05) is 30.3 Å². The molecule has 0 unspecified atom stereocenters. The molecule has 11 nitrogen and oxygen atoms in total. The lowest BCUT2D eigenvalue weighted by atomic mass is 10.1. The number of nitrogens with one attached hydrogen (secondary N) is 2. The van der Waals surface area contributed by atoms with Crippen LogP contribution in [0.5, 0.6) is 0 Å². The Labute approximate surface area is 149 Å². The maximum absolute atomic E-state index is 11.9. The molecule has 0 saturated carbocycles. The number of benzene rings is 1. The molecule has 11 heteroatoms. The van der Waals surface area contributed by atoms with Crippen LogP contribution in [0, 0.1) is 10.1 Å². The topological polar surface area (TPSA) is 186 Å². The third-order valence-corrected chi connectivity index (χ3v) is 3.38. The van der Waals surface area contributed by atoms with Crippen LogP contribution in [-0.2, 0) is 16.0 Å². The van der Waals surface area contributed by atoms with Crippen molar-refractivity contribution in [2.75, 3.05) is 6.54 Å². The molecule has 2 atom stereocenters. The number of hydrogen-bond donors (Lipinski definition) is 5. The lowest BCUT2D eigenvalue weighted by molar-refractivity contribution is -0.480. The van der Waals surface area contributed by atoms with Gasteiger partial charge in [-0.15, -0.1) is 5.10 Å². The number of nitrogens with two attached hydrogens (primary N) is 2. The molecule has 0 bridgehead atoms. The third kappa shape index (κ3) is 8.06. The highest BCUT2D eigenvalue weighted by Gasteiger charge is 2.19. The molecule has 0 fully saturated rings. The molecule has 7 N–H and O–H groups in total. The number of carbonyl (C=O) groups is 2. The van der Waals surface area contributed by atoms with Crippen LogP contribution in [-0.4, -0.2) is 46.5 Å². The first-order valence-corrected chi connectivity index (χ1v) is 7.83. The van der Waals surface area contributed by atoms with Gasteiger partial charge in [-0.05, 0) is 18.4 Å². The largest absolute Gasteiger partial charge is 0.480 e. The Bertz CT molecular complexity index is 651. The van der Waals surface area contributed by atoms with Crippen molar-refractivity contribution in [3.8, 4) is 0 Å². The number of carbonyl (C=O) groups excluding carboxylic acids is 1. The molecule has 0 aliphatic rings. The van der Waals surface area contributed by atoms with Gasteiger partial charge >= 0.3 is 5.97 Å². The number of carboxylic acid groups (broad SMARTS) is 1. The highest BCUT2D eigenvalue weighted by atomic mass is 16.6. The van der Waals surface area contributed by atoms with Gasteiger partial charge < -0.3 is 21.9 Å². The van der Waals surface area contributed by atoms with Crippen molar-refractivity contribution in [1.82, 2.24) is 10.7 Å². The van der Waals surface area contributed by atoms with Gasteiger partial charge in [0, 0.05) is 11.3 Å². The summed E-state index contributed by atoms with van der Waals surface area (Å²) in [7, 11) is 0. The van der Waals surface area contributed by atoms with Crippen LogP contribution in [0.2, 0.25) is 0 Å². The lowest BCUT2D eigenvalue weighted by Crippen LogP contribution is -2.47. The number of guanidine groups is 1. The number of hydrazone groups is 1. The Morgan fingerprint density at radius 3 is 2.54 bits per heavy atom. The van der Waals surface area contributed by atoms with Gasteiger partial charge in [0.25, 0.3) is 5.91 Å². The summed E-state index contributed by atoms with van der Waals surface area (Å²) in [4.78, 5) is 32.7. The van der Waals surface area contributed by atoms with E-state index in [-0.39, 0.29) is 25.3 Å². The zero-order valence-corrected chi connectivity index (χ0v) is 14.0. The zero-order chi connectivity index (χ0) is 19.5. The Hall–Kier alpha value is -3.21. The Morgan fingerprint density at radius 1 is 1.31 bits per heavy atom. The van der Waals surface area contributed by atoms with E-state index < -0.39 is 28.9 Å². The predicted molar refractivity (Wildman–Crippen MR) is 93.5 cm³/mol. The van der Waals surface area contributed by atoms with Crippen molar-refractivity contribution < 1.29 is 19.6 Å². The van der Waals surface area contributed by atoms with E-state index in [1.54, 1.807) is 0 Å². The predicted octanol–water partition coefficient (Wildman–Crippen LogP) is -0.998. The standard InChI is InChI=1S/C15H22N6O5/c16-11(9-10-5-2-1-3-6-10)13(22)19-20-15(17)18-12(14(23)24)7-4-8-21(25)26/h1-3,5-6,11-12H,4,7-9,16H2,(H,19,22)(H,23,24)(H3,17,18,20)/t11-,12+/m1/s1. The summed E-state index contributed by atoms with van der Waals surface area (Å²) >= 11 is 0. The van der Waals surface area contributed by atoms with E-state index >= 15 is 0 Å². The van der Waals surface area contributed by atoms with Crippen molar-refractivity contribution >= 4 is 17.8 Å². The van der Waals surface area contributed by atoms with Crippen molar-refractivity contribution in [3.05, 3.63) is 46.0 Å². The molecule has 0 heterocycles. The molecule has 0 aromatic heterocycles. The summed E-state index contributed by atoms with van der Waals surface area (Å²) in [5.74, 6) is -2.16. The molecule has 0 aliphatic carbocycles. The monoisotopic (exact) mass is 366 g/mol. The van der Waals surface area contributed by atoms with E-state index in [2.05, 4.69) is 15.8 Å².